The van der Waals surface area contributed by atoms with E-state index < -0.39 is 22.3 Å². The quantitative estimate of drug-likeness (QED) is 0.662. The molecule has 0 radical (unpaired) electrons. The third-order valence-electron chi connectivity index (χ3n) is 3.11. The maximum atomic E-state index is 13.1. The Hall–Kier alpha value is -1.98. The number of carbonyl (C=O) groups is 1. The maximum absolute atomic E-state index is 13.1. The standard InChI is InChI=1S/C12H13FN2O3/c1-7-4-9(5-7)14-12(16)8-2-3-10(13)11(6-8)15(17)18/h2-3,6-7,9H,4-5H2,1H3,(H,14,16). The lowest BCUT2D eigenvalue weighted by atomic mass is 9.82. The van der Waals surface area contributed by atoms with Gasteiger partial charge in [-0.1, -0.05) is 6.92 Å². The van der Waals surface area contributed by atoms with E-state index in [-0.39, 0.29) is 11.6 Å². The summed E-state index contributed by atoms with van der Waals surface area (Å²) in [5, 5.41) is 13.3. The first kappa shape index (κ1) is 12.5. The Bertz CT molecular complexity index is 498. The van der Waals surface area contributed by atoms with Gasteiger partial charge in [0.1, 0.15) is 0 Å². The van der Waals surface area contributed by atoms with Crippen LogP contribution in [0.25, 0.3) is 0 Å². The predicted octanol–water partition coefficient (Wildman–Crippen LogP) is 2.26. The van der Waals surface area contributed by atoms with Crippen molar-refractivity contribution in [1.82, 2.24) is 5.32 Å². The van der Waals surface area contributed by atoms with E-state index in [4.69, 9.17) is 0 Å². The minimum atomic E-state index is -0.936. The highest BCUT2D eigenvalue weighted by Gasteiger charge is 2.27. The molecule has 0 bridgehead atoms. The summed E-state index contributed by atoms with van der Waals surface area (Å²) < 4.78 is 13.1. The molecule has 5 nitrogen and oxygen atoms in total. The molecule has 0 saturated heterocycles. The van der Waals surface area contributed by atoms with Crippen LogP contribution in [0, 0.1) is 21.8 Å². The molecule has 0 unspecified atom stereocenters. The molecule has 1 aliphatic carbocycles. The molecule has 1 aromatic rings. The molecular weight excluding hydrogens is 239 g/mol. The lowest BCUT2D eigenvalue weighted by Gasteiger charge is -2.33. The van der Waals surface area contributed by atoms with Gasteiger partial charge in [-0.2, -0.15) is 4.39 Å². The lowest BCUT2D eigenvalue weighted by Crippen LogP contribution is -2.43. The lowest BCUT2D eigenvalue weighted by molar-refractivity contribution is -0.387. The maximum Gasteiger partial charge on any atom is 0.305 e. The Labute approximate surface area is 103 Å². The third kappa shape index (κ3) is 2.47. The number of nitrogens with zero attached hydrogens (tertiary/aromatic N) is 1. The molecule has 6 heteroatoms. The number of hydrogen-bond donors (Lipinski definition) is 1. The summed E-state index contributed by atoms with van der Waals surface area (Å²) in [6, 6.07) is 3.28. The molecule has 0 atom stereocenters. The van der Waals surface area contributed by atoms with Crippen LogP contribution in [0.15, 0.2) is 18.2 Å². The van der Waals surface area contributed by atoms with E-state index in [9.17, 15) is 19.3 Å². The molecule has 2 rings (SSSR count). The zero-order valence-electron chi connectivity index (χ0n) is 9.85. The van der Waals surface area contributed by atoms with Crippen molar-refractivity contribution in [1.29, 1.82) is 0 Å². The summed E-state index contributed by atoms with van der Waals surface area (Å²) in [7, 11) is 0. The highest BCUT2D eigenvalue weighted by atomic mass is 19.1. The van der Waals surface area contributed by atoms with E-state index in [2.05, 4.69) is 12.2 Å². The second-order valence-corrected chi connectivity index (χ2v) is 4.67. The Balaban J connectivity index is 2.10. The normalized spacial score (nSPS) is 22.1. The van der Waals surface area contributed by atoms with Crippen molar-refractivity contribution < 1.29 is 14.1 Å². The van der Waals surface area contributed by atoms with Crippen LogP contribution >= 0.6 is 0 Å². The van der Waals surface area contributed by atoms with E-state index in [1.54, 1.807) is 0 Å². The van der Waals surface area contributed by atoms with E-state index in [1.165, 1.54) is 6.07 Å². The van der Waals surface area contributed by atoms with Crippen LogP contribution in [0.5, 0.6) is 0 Å². The van der Waals surface area contributed by atoms with E-state index >= 15 is 0 Å². The molecule has 0 aromatic heterocycles. The fourth-order valence-electron chi connectivity index (χ4n) is 2.08. The van der Waals surface area contributed by atoms with Crippen LogP contribution in [0.1, 0.15) is 30.1 Å². The molecule has 1 N–H and O–H groups in total. The topological polar surface area (TPSA) is 72.2 Å². The largest absolute Gasteiger partial charge is 0.349 e. The highest BCUT2D eigenvalue weighted by Crippen LogP contribution is 2.27. The third-order valence-corrected chi connectivity index (χ3v) is 3.11. The van der Waals surface area contributed by atoms with E-state index in [1.807, 2.05) is 0 Å². The van der Waals surface area contributed by atoms with Crippen molar-refractivity contribution in [3.05, 3.63) is 39.7 Å². The highest BCUT2D eigenvalue weighted by molar-refractivity contribution is 5.95. The van der Waals surface area contributed by atoms with Crippen LogP contribution in [0.2, 0.25) is 0 Å². The predicted molar refractivity (Wildman–Crippen MR) is 62.7 cm³/mol. The van der Waals surface area contributed by atoms with Crippen LogP contribution in [-0.2, 0) is 0 Å². The molecular formula is C12H13FN2O3. The SMILES string of the molecule is CC1CC(NC(=O)c2ccc(F)c([N+](=O)[O-])c2)C1. The fraction of sp³-hybridized carbons (Fsp3) is 0.417. The van der Waals surface area contributed by atoms with Gasteiger partial charge in [0.05, 0.1) is 4.92 Å². The van der Waals surface area contributed by atoms with Gasteiger partial charge in [-0.15, -0.1) is 0 Å². The van der Waals surface area contributed by atoms with Crippen molar-refractivity contribution in [2.75, 3.05) is 0 Å². The zero-order valence-corrected chi connectivity index (χ0v) is 9.85. The van der Waals surface area contributed by atoms with Crippen molar-refractivity contribution in [2.45, 2.75) is 25.8 Å². The molecule has 96 valence electrons. The minimum absolute atomic E-state index is 0.114. The van der Waals surface area contributed by atoms with Crippen LogP contribution in [0.3, 0.4) is 0 Å². The van der Waals surface area contributed by atoms with Crippen LogP contribution < -0.4 is 5.32 Å². The van der Waals surface area contributed by atoms with Gasteiger partial charge in [0.15, 0.2) is 0 Å². The second-order valence-electron chi connectivity index (χ2n) is 4.67. The van der Waals surface area contributed by atoms with Crippen LogP contribution in [-0.4, -0.2) is 16.9 Å². The van der Waals surface area contributed by atoms with Crippen molar-refractivity contribution in [2.24, 2.45) is 5.92 Å². The van der Waals surface area contributed by atoms with Gasteiger partial charge in [-0.25, -0.2) is 0 Å². The van der Waals surface area contributed by atoms with Crippen molar-refractivity contribution in [3.63, 3.8) is 0 Å². The number of nitro benzene ring substituents is 1. The van der Waals surface area contributed by atoms with E-state index in [0.29, 0.717) is 5.92 Å². The number of hydrogen-bond acceptors (Lipinski definition) is 3. The van der Waals surface area contributed by atoms with Gasteiger partial charge < -0.3 is 5.32 Å². The number of rotatable bonds is 3. The van der Waals surface area contributed by atoms with Gasteiger partial charge >= 0.3 is 5.69 Å². The van der Waals surface area contributed by atoms with Gasteiger partial charge in [-0.05, 0) is 30.9 Å². The van der Waals surface area contributed by atoms with Crippen LogP contribution in [0.4, 0.5) is 10.1 Å². The molecule has 0 aliphatic heterocycles. The second kappa shape index (κ2) is 4.72. The summed E-state index contributed by atoms with van der Waals surface area (Å²) in [6.45, 7) is 2.09. The number of nitro groups is 1. The number of amides is 1. The van der Waals surface area contributed by atoms with Crippen molar-refractivity contribution in [3.8, 4) is 0 Å². The molecule has 1 aromatic carbocycles. The Kier molecular flexibility index (Phi) is 3.27. The smallest absolute Gasteiger partial charge is 0.305 e. The Morgan fingerprint density at radius 2 is 2.17 bits per heavy atom. The molecule has 1 amide bonds. The zero-order chi connectivity index (χ0) is 13.3. The summed E-state index contributed by atoms with van der Waals surface area (Å²) in [5.41, 5.74) is -0.563. The fourth-order valence-corrected chi connectivity index (χ4v) is 2.08. The Morgan fingerprint density at radius 1 is 1.50 bits per heavy atom. The van der Waals surface area contributed by atoms with Gasteiger partial charge in [0.25, 0.3) is 5.91 Å². The number of benzene rings is 1. The summed E-state index contributed by atoms with van der Waals surface area (Å²) in [5.74, 6) is -0.735. The molecule has 0 spiro atoms. The molecule has 1 fully saturated rings. The van der Waals surface area contributed by atoms with E-state index in [0.717, 1.165) is 25.0 Å². The van der Waals surface area contributed by atoms with Gasteiger partial charge in [0, 0.05) is 17.7 Å². The summed E-state index contributed by atoms with van der Waals surface area (Å²) in [4.78, 5) is 21.5. The van der Waals surface area contributed by atoms with Crippen molar-refractivity contribution >= 4 is 11.6 Å². The average molecular weight is 252 g/mol. The number of halogens is 1. The Morgan fingerprint density at radius 3 is 2.72 bits per heavy atom. The summed E-state index contributed by atoms with van der Waals surface area (Å²) >= 11 is 0. The van der Waals surface area contributed by atoms with Gasteiger partial charge in [0.2, 0.25) is 5.82 Å². The first-order valence-electron chi connectivity index (χ1n) is 5.72. The monoisotopic (exact) mass is 252 g/mol. The molecule has 18 heavy (non-hydrogen) atoms. The molecule has 1 aliphatic rings. The first-order valence-corrected chi connectivity index (χ1v) is 5.72. The average Bonchev–Trinajstić information content (AvgIpc) is 2.27. The summed E-state index contributed by atoms with van der Waals surface area (Å²) in [6.07, 6.45) is 1.82. The minimum Gasteiger partial charge on any atom is -0.349 e. The first-order chi connectivity index (χ1) is 8.47. The number of nitrogens with one attached hydrogen (secondary N) is 1. The molecule has 0 heterocycles. The molecule has 1 saturated carbocycles. The number of carbonyl (C=O) groups excluding carboxylic acids is 1. The van der Waals surface area contributed by atoms with Gasteiger partial charge in [-0.3, -0.25) is 14.9 Å².